The summed E-state index contributed by atoms with van der Waals surface area (Å²) in [6, 6.07) is 9.37. The van der Waals surface area contributed by atoms with Crippen LogP contribution in [0.5, 0.6) is 5.75 Å². The van der Waals surface area contributed by atoms with Crippen molar-refractivity contribution in [1.29, 1.82) is 0 Å². The number of hydrogen-bond donors (Lipinski definition) is 1. The van der Waals surface area contributed by atoms with Crippen LogP contribution in [0.2, 0.25) is 0 Å². The lowest BCUT2D eigenvalue weighted by atomic mass is 10.1. The third kappa shape index (κ3) is 2.67. The van der Waals surface area contributed by atoms with E-state index in [1.54, 1.807) is 0 Å². The Hall–Kier alpha value is -2.21. The number of aromatic nitrogens is 2. The minimum Gasteiger partial charge on any atom is -0.507 e. The van der Waals surface area contributed by atoms with Crippen molar-refractivity contribution in [3.8, 4) is 28.6 Å². The fourth-order valence-corrected chi connectivity index (χ4v) is 2.60. The summed E-state index contributed by atoms with van der Waals surface area (Å²) >= 11 is 3.45. The van der Waals surface area contributed by atoms with Crippen LogP contribution in [0.15, 0.2) is 45.4 Å². The Morgan fingerprint density at radius 3 is 2.62 bits per heavy atom. The van der Waals surface area contributed by atoms with Gasteiger partial charge in [0, 0.05) is 16.1 Å². The molecule has 6 heteroatoms. The van der Waals surface area contributed by atoms with Gasteiger partial charge in [-0.3, -0.25) is 0 Å². The molecule has 0 aliphatic heterocycles. The zero-order valence-electron chi connectivity index (χ0n) is 11.0. The van der Waals surface area contributed by atoms with Crippen molar-refractivity contribution in [1.82, 2.24) is 10.1 Å². The highest BCUT2D eigenvalue weighted by Gasteiger charge is 2.16. The molecule has 0 atom stereocenters. The fourth-order valence-electron chi connectivity index (χ4n) is 1.93. The molecule has 0 aliphatic rings. The largest absolute Gasteiger partial charge is 0.507 e. The van der Waals surface area contributed by atoms with Crippen LogP contribution in [0.1, 0.15) is 5.56 Å². The van der Waals surface area contributed by atoms with E-state index < -0.39 is 5.82 Å². The Morgan fingerprint density at radius 2 is 1.90 bits per heavy atom. The van der Waals surface area contributed by atoms with E-state index in [0.29, 0.717) is 11.4 Å². The summed E-state index contributed by atoms with van der Waals surface area (Å²) in [5.41, 5.74) is 2.17. The molecule has 3 rings (SSSR count). The number of phenols is 1. The molecule has 1 heterocycles. The zero-order chi connectivity index (χ0) is 15.0. The van der Waals surface area contributed by atoms with Crippen LogP contribution in [0.4, 0.5) is 4.39 Å². The van der Waals surface area contributed by atoms with Crippen LogP contribution in [0.3, 0.4) is 0 Å². The summed E-state index contributed by atoms with van der Waals surface area (Å²) in [6.45, 7) is 1.98. The summed E-state index contributed by atoms with van der Waals surface area (Å²) < 4.78 is 19.0. The van der Waals surface area contributed by atoms with Crippen LogP contribution >= 0.6 is 15.9 Å². The highest BCUT2D eigenvalue weighted by atomic mass is 79.9. The van der Waals surface area contributed by atoms with Crippen LogP contribution in [-0.2, 0) is 0 Å². The number of nitrogens with zero attached hydrogens (tertiary/aromatic N) is 2. The summed E-state index contributed by atoms with van der Waals surface area (Å²) in [4.78, 5) is 4.24. The monoisotopic (exact) mass is 348 g/mol. The number of rotatable bonds is 2. The van der Waals surface area contributed by atoms with Crippen LogP contribution in [0, 0.1) is 12.7 Å². The minimum atomic E-state index is -0.530. The van der Waals surface area contributed by atoms with Gasteiger partial charge in [0.2, 0.25) is 5.82 Å². The van der Waals surface area contributed by atoms with Crippen molar-refractivity contribution < 1.29 is 14.0 Å². The Balaban J connectivity index is 2.03. The van der Waals surface area contributed by atoms with E-state index in [2.05, 4.69) is 26.1 Å². The van der Waals surface area contributed by atoms with Crippen LogP contribution in [-0.4, -0.2) is 15.2 Å². The summed E-state index contributed by atoms with van der Waals surface area (Å²) in [5, 5.41) is 13.6. The molecule has 0 fully saturated rings. The molecule has 0 saturated carbocycles. The first kappa shape index (κ1) is 13.8. The first-order chi connectivity index (χ1) is 10.0. The van der Waals surface area contributed by atoms with Gasteiger partial charge in [0.1, 0.15) is 11.6 Å². The maximum absolute atomic E-state index is 13.0. The van der Waals surface area contributed by atoms with Crippen molar-refractivity contribution in [3.63, 3.8) is 0 Å². The van der Waals surface area contributed by atoms with E-state index in [9.17, 15) is 9.50 Å². The highest BCUT2D eigenvalue weighted by molar-refractivity contribution is 9.10. The molecule has 1 aromatic heterocycles. The molecule has 4 nitrogen and oxygen atoms in total. The first-order valence-corrected chi connectivity index (χ1v) is 6.93. The molecule has 0 amide bonds. The van der Waals surface area contributed by atoms with Crippen LogP contribution in [0.25, 0.3) is 22.8 Å². The fraction of sp³-hybridized carbons (Fsp3) is 0.0667. The Morgan fingerprint density at radius 1 is 1.14 bits per heavy atom. The summed E-state index contributed by atoms with van der Waals surface area (Å²) in [6.07, 6.45) is 0. The number of aromatic hydroxyl groups is 1. The predicted molar refractivity (Wildman–Crippen MR) is 79.2 cm³/mol. The molecule has 2 aromatic carbocycles. The van der Waals surface area contributed by atoms with E-state index in [1.165, 1.54) is 12.1 Å². The number of hydrogen-bond acceptors (Lipinski definition) is 4. The second-order valence-electron chi connectivity index (χ2n) is 4.57. The number of benzene rings is 2. The smallest absolute Gasteiger partial charge is 0.262 e. The molecule has 0 unspecified atom stereocenters. The topological polar surface area (TPSA) is 59.2 Å². The SMILES string of the molecule is Cc1ccc(-c2noc(-c3ccc(F)cc3O)n2)c(Br)c1. The van der Waals surface area contributed by atoms with Gasteiger partial charge < -0.3 is 9.63 Å². The van der Waals surface area contributed by atoms with Gasteiger partial charge in [0.25, 0.3) is 5.89 Å². The lowest BCUT2D eigenvalue weighted by Crippen LogP contribution is -1.85. The lowest BCUT2D eigenvalue weighted by Gasteiger charge is -2.00. The van der Waals surface area contributed by atoms with Gasteiger partial charge in [0.05, 0.1) is 5.56 Å². The van der Waals surface area contributed by atoms with E-state index in [0.717, 1.165) is 21.7 Å². The molecule has 3 aromatic rings. The average Bonchev–Trinajstić information content (AvgIpc) is 2.87. The van der Waals surface area contributed by atoms with Gasteiger partial charge in [-0.15, -0.1) is 0 Å². The quantitative estimate of drug-likeness (QED) is 0.749. The Labute approximate surface area is 128 Å². The van der Waals surface area contributed by atoms with Gasteiger partial charge >= 0.3 is 0 Å². The molecular weight excluding hydrogens is 339 g/mol. The maximum Gasteiger partial charge on any atom is 0.262 e. The Kier molecular flexibility index (Phi) is 3.47. The van der Waals surface area contributed by atoms with E-state index >= 15 is 0 Å². The van der Waals surface area contributed by atoms with Crippen molar-refractivity contribution in [2.24, 2.45) is 0 Å². The molecule has 0 saturated heterocycles. The lowest BCUT2D eigenvalue weighted by molar-refractivity contribution is 0.425. The van der Waals surface area contributed by atoms with Gasteiger partial charge in [-0.2, -0.15) is 4.98 Å². The third-order valence-electron chi connectivity index (χ3n) is 2.98. The first-order valence-electron chi connectivity index (χ1n) is 6.14. The van der Waals surface area contributed by atoms with Gasteiger partial charge in [0.15, 0.2) is 0 Å². The molecule has 106 valence electrons. The number of halogens is 2. The van der Waals surface area contributed by atoms with Crippen molar-refractivity contribution in [3.05, 3.63) is 52.3 Å². The molecule has 21 heavy (non-hydrogen) atoms. The molecule has 0 bridgehead atoms. The van der Waals surface area contributed by atoms with Crippen molar-refractivity contribution in [2.45, 2.75) is 6.92 Å². The average molecular weight is 349 g/mol. The molecule has 0 aliphatic carbocycles. The van der Waals surface area contributed by atoms with Gasteiger partial charge in [-0.05, 0) is 36.8 Å². The van der Waals surface area contributed by atoms with Crippen molar-refractivity contribution >= 4 is 15.9 Å². The summed E-state index contributed by atoms with van der Waals surface area (Å²) in [7, 11) is 0. The van der Waals surface area contributed by atoms with Gasteiger partial charge in [-0.25, -0.2) is 4.39 Å². The third-order valence-corrected chi connectivity index (χ3v) is 3.64. The zero-order valence-corrected chi connectivity index (χ0v) is 12.6. The molecule has 0 spiro atoms. The number of aryl methyl sites for hydroxylation is 1. The van der Waals surface area contributed by atoms with Crippen molar-refractivity contribution in [2.75, 3.05) is 0 Å². The minimum absolute atomic E-state index is 0.134. The molecular formula is C15H10BrFN2O2. The second-order valence-corrected chi connectivity index (χ2v) is 5.42. The molecule has 0 radical (unpaired) electrons. The summed E-state index contributed by atoms with van der Waals surface area (Å²) in [5.74, 6) is -0.249. The Bertz CT molecular complexity index is 751. The second kappa shape index (κ2) is 5.29. The molecule has 1 N–H and O–H groups in total. The maximum atomic E-state index is 13.0. The van der Waals surface area contributed by atoms with E-state index in [4.69, 9.17) is 4.52 Å². The van der Waals surface area contributed by atoms with Gasteiger partial charge in [-0.1, -0.05) is 27.2 Å². The van der Waals surface area contributed by atoms with E-state index in [-0.39, 0.29) is 11.6 Å². The van der Waals surface area contributed by atoms with Crippen LogP contribution < -0.4 is 0 Å². The predicted octanol–water partition coefficient (Wildman–Crippen LogP) is 4.32. The number of phenolic OH excluding ortho intramolecular Hbond substituents is 1. The highest BCUT2D eigenvalue weighted by Crippen LogP contribution is 2.32. The van der Waals surface area contributed by atoms with E-state index in [1.807, 2.05) is 25.1 Å². The standard InChI is InChI=1S/C15H10BrFN2O2/c1-8-2-4-10(12(16)6-8)14-18-15(21-19-14)11-5-3-9(17)7-13(11)20/h2-7,20H,1H3. The normalized spacial score (nSPS) is 10.8.